The first-order chi connectivity index (χ1) is 9.63. The minimum atomic E-state index is -0.236. The highest BCUT2D eigenvalue weighted by Crippen LogP contribution is 2.20. The van der Waals surface area contributed by atoms with E-state index in [4.69, 9.17) is 4.74 Å². The summed E-state index contributed by atoms with van der Waals surface area (Å²) in [7, 11) is 4.03. The van der Waals surface area contributed by atoms with Crippen LogP contribution in [0.2, 0.25) is 0 Å². The van der Waals surface area contributed by atoms with Crippen molar-refractivity contribution < 1.29 is 9.13 Å². The maximum absolute atomic E-state index is 12.8. The Hall–Kier alpha value is -2.07. The first-order valence-electron chi connectivity index (χ1n) is 6.54. The first-order valence-corrected chi connectivity index (χ1v) is 6.54. The topological polar surface area (TPSA) is 24.5 Å². The van der Waals surface area contributed by atoms with Gasteiger partial charge in [-0.1, -0.05) is 0 Å². The van der Waals surface area contributed by atoms with Gasteiger partial charge in [0.2, 0.25) is 0 Å². The molecule has 0 aromatic heterocycles. The van der Waals surface area contributed by atoms with E-state index in [2.05, 4.69) is 10.2 Å². The van der Waals surface area contributed by atoms with E-state index in [9.17, 15) is 4.39 Å². The highest BCUT2D eigenvalue weighted by atomic mass is 19.1. The van der Waals surface area contributed by atoms with Gasteiger partial charge in [0.25, 0.3) is 0 Å². The molecular formula is C16H19FN2O. The van der Waals surface area contributed by atoms with E-state index in [-0.39, 0.29) is 5.82 Å². The summed E-state index contributed by atoms with van der Waals surface area (Å²) < 4.78 is 18.4. The molecule has 0 aliphatic heterocycles. The number of hydrogen-bond donors (Lipinski definition) is 1. The van der Waals surface area contributed by atoms with Gasteiger partial charge in [-0.2, -0.15) is 0 Å². The monoisotopic (exact) mass is 274 g/mol. The molecule has 2 rings (SSSR count). The van der Waals surface area contributed by atoms with Crippen LogP contribution in [0.1, 0.15) is 0 Å². The van der Waals surface area contributed by atoms with Crippen molar-refractivity contribution in [2.75, 3.05) is 32.6 Å². The molecule has 3 nitrogen and oxygen atoms in total. The average Bonchev–Trinajstić information content (AvgIpc) is 2.43. The van der Waals surface area contributed by atoms with Gasteiger partial charge in [-0.3, -0.25) is 0 Å². The Kier molecular flexibility index (Phi) is 4.96. The lowest BCUT2D eigenvalue weighted by molar-refractivity contribution is 0.261. The van der Waals surface area contributed by atoms with Crippen LogP contribution in [-0.4, -0.2) is 32.1 Å². The average molecular weight is 274 g/mol. The molecule has 0 atom stereocenters. The molecule has 2 aromatic carbocycles. The summed E-state index contributed by atoms with van der Waals surface area (Å²) in [6, 6.07) is 14.0. The zero-order chi connectivity index (χ0) is 14.4. The van der Waals surface area contributed by atoms with Crippen molar-refractivity contribution >= 4 is 11.4 Å². The Morgan fingerprint density at radius 3 is 2.05 bits per heavy atom. The third-order valence-corrected chi connectivity index (χ3v) is 2.79. The molecule has 20 heavy (non-hydrogen) atoms. The van der Waals surface area contributed by atoms with Gasteiger partial charge in [-0.25, -0.2) is 4.39 Å². The summed E-state index contributed by atoms with van der Waals surface area (Å²) in [5.74, 6) is 0.608. The Bertz CT molecular complexity index is 523. The Morgan fingerprint density at radius 1 is 0.950 bits per heavy atom. The van der Waals surface area contributed by atoms with E-state index in [0.29, 0.717) is 6.61 Å². The highest BCUT2D eigenvalue weighted by Gasteiger charge is 1.98. The van der Waals surface area contributed by atoms with E-state index in [1.807, 2.05) is 38.4 Å². The van der Waals surface area contributed by atoms with Crippen molar-refractivity contribution in [2.24, 2.45) is 0 Å². The van der Waals surface area contributed by atoms with Crippen LogP contribution in [0.25, 0.3) is 0 Å². The fourth-order valence-corrected chi connectivity index (χ4v) is 1.68. The summed E-state index contributed by atoms with van der Waals surface area (Å²) in [6.45, 7) is 1.55. The van der Waals surface area contributed by atoms with Crippen molar-refractivity contribution in [3.63, 3.8) is 0 Å². The molecule has 4 heteroatoms. The molecule has 0 heterocycles. The predicted octanol–water partition coefficient (Wildman–Crippen LogP) is 3.51. The molecule has 0 saturated carbocycles. The van der Waals surface area contributed by atoms with Crippen LogP contribution in [0.3, 0.4) is 0 Å². The molecule has 0 spiro atoms. The second kappa shape index (κ2) is 6.91. The number of anilines is 2. The molecule has 0 aliphatic rings. The van der Waals surface area contributed by atoms with Crippen molar-refractivity contribution in [3.8, 4) is 5.75 Å². The number of halogens is 1. The molecule has 0 aliphatic carbocycles. The van der Waals surface area contributed by atoms with Crippen LogP contribution in [0.5, 0.6) is 5.75 Å². The SMILES string of the molecule is CN(C)CCOc1ccc(Nc2ccc(F)cc2)cc1. The molecule has 106 valence electrons. The molecule has 0 amide bonds. The lowest BCUT2D eigenvalue weighted by Crippen LogP contribution is -2.19. The summed E-state index contributed by atoms with van der Waals surface area (Å²) >= 11 is 0. The van der Waals surface area contributed by atoms with E-state index in [1.54, 1.807) is 12.1 Å². The van der Waals surface area contributed by atoms with Crippen LogP contribution in [0.15, 0.2) is 48.5 Å². The number of nitrogens with one attached hydrogen (secondary N) is 1. The largest absolute Gasteiger partial charge is 0.492 e. The number of likely N-dealkylation sites (N-methyl/N-ethyl adjacent to an activating group) is 1. The highest BCUT2D eigenvalue weighted by molar-refractivity contribution is 5.60. The summed E-state index contributed by atoms with van der Waals surface area (Å²) in [5, 5.41) is 3.20. The predicted molar refractivity (Wildman–Crippen MR) is 80.2 cm³/mol. The Balaban J connectivity index is 1.89. The van der Waals surface area contributed by atoms with Gasteiger partial charge in [0, 0.05) is 17.9 Å². The van der Waals surface area contributed by atoms with Crippen LogP contribution in [0.4, 0.5) is 15.8 Å². The van der Waals surface area contributed by atoms with Crippen molar-refractivity contribution in [1.82, 2.24) is 4.90 Å². The molecule has 0 saturated heterocycles. The number of benzene rings is 2. The van der Waals surface area contributed by atoms with E-state index in [0.717, 1.165) is 23.7 Å². The molecule has 0 unspecified atom stereocenters. The van der Waals surface area contributed by atoms with Gasteiger partial charge in [0.15, 0.2) is 0 Å². The van der Waals surface area contributed by atoms with Gasteiger partial charge >= 0.3 is 0 Å². The number of ether oxygens (including phenoxy) is 1. The van der Waals surface area contributed by atoms with E-state index < -0.39 is 0 Å². The van der Waals surface area contributed by atoms with Crippen LogP contribution < -0.4 is 10.1 Å². The van der Waals surface area contributed by atoms with Gasteiger partial charge in [-0.15, -0.1) is 0 Å². The fourth-order valence-electron chi connectivity index (χ4n) is 1.68. The molecule has 0 radical (unpaired) electrons. The quantitative estimate of drug-likeness (QED) is 0.872. The van der Waals surface area contributed by atoms with Gasteiger partial charge in [-0.05, 0) is 62.6 Å². The lowest BCUT2D eigenvalue weighted by Gasteiger charge is -2.11. The molecular weight excluding hydrogens is 255 g/mol. The number of nitrogens with zero attached hydrogens (tertiary/aromatic N) is 1. The molecule has 2 aromatic rings. The molecule has 0 bridgehead atoms. The summed E-state index contributed by atoms with van der Waals surface area (Å²) in [6.07, 6.45) is 0. The van der Waals surface area contributed by atoms with Gasteiger partial charge in [0.1, 0.15) is 18.2 Å². The normalized spacial score (nSPS) is 10.6. The van der Waals surface area contributed by atoms with Gasteiger partial charge < -0.3 is 15.0 Å². The summed E-state index contributed by atoms with van der Waals surface area (Å²) in [5.41, 5.74) is 1.80. The third-order valence-electron chi connectivity index (χ3n) is 2.79. The van der Waals surface area contributed by atoms with Crippen molar-refractivity contribution in [2.45, 2.75) is 0 Å². The second-order valence-electron chi connectivity index (χ2n) is 4.81. The van der Waals surface area contributed by atoms with Crippen LogP contribution in [0, 0.1) is 5.82 Å². The standard InChI is InChI=1S/C16H19FN2O/c1-19(2)11-12-20-16-9-7-15(8-10-16)18-14-5-3-13(17)4-6-14/h3-10,18H,11-12H2,1-2H3. The van der Waals surface area contributed by atoms with Gasteiger partial charge in [0.05, 0.1) is 0 Å². The second-order valence-corrected chi connectivity index (χ2v) is 4.81. The Labute approximate surface area is 119 Å². The van der Waals surface area contributed by atoms with Crippen molar-refractivity contribution in [3.05, 3.63) is 54.3 Å². The van der Waals surface area contributed by atoms with E-state index in [1.165, 1.54) is 12.1 Å². The minimum absolute atomic E-state index is 0.236. The first kappa shape index (κ1) is 14.3. The molecule has 1 N–H and O–H groups in total. The zero-order valence-electron chi connectivity index (χ0n) is 11.8. The van der Waals surface area contributed by atoms with E-state index >= 15 is 0 Å². The minimum Gasteiger partial charge on any atom is -0.492 e. The van der Waals surface area contributed by atoms with Crippen LogP contribution >= 0.6 is 0 Å². The molecule has 0 fully saturated rings. The maximum atomic E-state index is 12.8. The van der Waals surface area contributed by atoms with Crippen molar-refractivity contribution in [1.29, 1.82) is 0 Å². The Morgan fingerprint density at radius 2 is 1.50 bits per heavy atom. The maximum Gasteiger partial charge on any atom is 0.123 e. The smallest absolute Gasteiger partial charge is 0.123 e. The lowest BCUT2D eigenvalue weighted by atomic mass is 10.2. The third kappa shape index (κ3) is 4.55. The fraction of sp³-hybridized carbons (Fsp3) is 0.250. The van der Waals surface area contributed by atoms with Crippen LogP contribution in [-0.2, 0) is 0 Å². The number of hydrogen-bond acceptors (Lipinski definition) is 3. The zero-order valence-corrected chi connectivity index (χ0v) is 11.8. The summed E-state index contributed by atoms with van der Waals surface area (Å²) in [4.78, 5) is 2.07. The number of rotatable bonds is 6.